The van der Waals surface area contributed by atoms with E-state index in [0.717, 1.165) is 44.8 Å². The molecule has 2 aromatic heterocycles. The lowest BCUT2D eigenvalue weighted by Crippen LogP contribution is -2.22. The fourth-order valence-electron chi connectivity index (χ4n) is 8.90. The topological polar surface area (TPSA) is 25.8 Å². The fraction of sp³-hybridized carbons (Fsp3) is 0.0370. The summed E-state index contributed by atoms with van der Waals surface area (Å²) in [4.78, 5) is 10.6. The predicted molar refractivity (Wildman–Crippen MR) is 240 cm³/mol. The van der Waals surface area contributed by atoms with E-state index in [2.05, 4.69) is 201 Å². The van der Waals surface area contributed by atoms with E-state index in [1.54, 1.807) is 0 Å². The van der Waals surface area contributed by atoms with Gasteiger partial charge >= 0.3 is 0 Å². The van der Waals surface area contributed by atoms with Gasteiger partial charge in [-0.05, 0) is 93.4 Å². The third kappa shape index (κ3) is 5.54. The normalized spacial score (nSPS) is 14.5. The van der Waals surface area contributed by atoms with Crippen molar-refractivity contribution in [3.63, 3.8) is 0 Å². The Bertz CT molecular complexity index is 3130. The zero-order valence-corrected chi connectivity index (χ0v) is 32.2. The van der Waals surface area contributed by atoms with Gasteiger partial charge in [-0.1, -0.05) is 164 Å². The summed E-state index contributed by atoms with van der Waals surface area (Å²) in [5, 5.41) is 2.53. The zero-order valence-electron chi connectivity index (χ0n) is 31.4. The van der Waals surface area contributed by atoms with Gasteiger partial charge in [0.2, 0.25) is 0 Å². The second kappa shape index (κ2) is 13.4. The molecule has 0 amide bonds. The number of rotatable bonds is 6. The van der Waals surface area contributed by atoms with Crippen LogP contribution < -0.4 is 0 Å². The molecule has 57 heavy (non-hydrogen) atoms. The molecular weight excluding hydrogens is 709 g/mol. The molecule has 2 nitrogen and oxygen atoms in total. The van der Waals surface area contributed by atoms with E-state index in [-0.39, 0.29) is 5.41 Å². The molecule has 0 saturated carbocycles. The third-order valence-corrected chi connectivity index (χ3v) is 13.0. The van der Waals surface area contributed by atoms with E-state index in [1.165, 1.54) is 53.6 Å². The Kier molecular flexibility index (Phi) is 7.84. The summed E-state index contributed by atoms with van der Waals surface area (Å²) in [6.07, 6.45) is 0. The second-order valence-corrected chi connectivity index (χ2v) is 16.1. The van der Waals surface area contributed by atoms with Gasteiger partial charge < -0.3 is 0 Å². The highest BCUT2D eigenvalue weighted by Crippen LogP contribution is 2.53. The van der Waals surface area contributed by atoms with Crippen LogP contribution in [0.4, 0.5) is 0 Å². The maximum atomic E-state index is 5.32. The molecule has 3 heteroatoms. The minimum atomic E-state index is -0.245. The highest BCUT2D eigenvalue weighted by molar-refractivity contribution is 7.26. The maximum absolute atomic E-state index is 5.32. The number of thiophene rings is 1. The summed E-state index contributed by atoms with van der Waals surface area (Å²) in [6.45, 7) is 2.37. The van der Waals surface area contributed by atoms with Crippen molar-refractivity contribution < 1.29 is 0 Å². The minimum Gasteiger partial charge on any atom is -0.228 e. The second-order valence-electron chi connectivity index (χ2n) is 15.1. The number of nitrogens with zero attached hydrogens (tertiary/aromatic N) is 2. The fourth-order valence-corrected chi connectivity index (χ4v) is 10.1. The molecule has 1 unspecified atom stereocenters. The van der Waals surface area contributed by atoms with Crippen molar-refractivity contribution in [1.29, 1.82) is 0 Å². The zero-order chi connectivity index (χ0) is 37.9. The quantitative estimate of drug-likeness (QED) is 0.169. The average Bonchev–Trinajstić information content (AvgIpc) is 3.80. The van der Waals surface area contributed by atoms with Gasteiger partial charge in [0.05, 0.1) is 11.4 Å². The van der Waals surface area contributed by atoms with Crippen LogP contribution in [0.15, 0.2) is 200 Å². The van der Waals surface area contributed by atoms with Gasteiger partial charge in [0.25, 0.3) is 0 Å². The van der Waals surface area contributed by atoms with Gasteiger partial charge in [0.1, 0.15) is 0 Å². The van der Waals surface area contributed by atoms with Crippen LogP contribution in [0.25, 0.3) is 87.5 Å². The molecule has 0 saturated heterocycles. The first kappa shape index (κ1) is 33.4. The molecule has 0 fully saturated rings. The SMILES string of the molecule is CC1(c2ccccc2)c2ccccc2-c2cc(-c3cc(-c4ccccc4)cc(-c4cc(-c5cccc6c5sc5ccccc56)nc(-c5ccccc5)n4)c3)ccc21. The van der Waals surface area contributed by atoms with Crippen LogP contribution in [-0.4, -0.2) is 9.97 Å². The van der Waals surface area contributed by atoms with Crippen LogP contribution >= 0.6 is 11.3 Å². The van der Waals surface area contributed by atoms with Crippen LogP contribution in [-0.2, 0) is 5.41 Å². The van der Waals surface area contributed by atoms with Crippen LogP contribution in [0.1, 0.15) is 23.6 Å². The summed E-state index contributed by atoms with van der Waals surface area (Å²) in [6, 6.07) is 72.3. The van der Waals surface area contributed by atoms with Crippen molar-refractivity contribution in [2.24, 2.45) is 0 Å². The van der Waals surface area contributed by atoms with Gasteiger partial charge in [0.15, 0.2) is 5.82 Å². The van der Waals surface area contributed by atoms with Gasteiger partial charge in [0, 0.05) is 42.3 Å². The molecular formula is C54H36N2S. The van der Waals surface area contributed by atoms with E-state index in [1.807, 2.05) is 17.4 Å². The lowest BCUT2D eigenvalue weighted by atomic mass is 9.74. The van der Waals surface area contributed by atoms with E-state index in [9.17, 15) is 0 Å². The number of aromatic nitrogens is 2. The average molecular weight is 745 g/mol. The molecule has 0 aliphatic heterocycles. The van der Waals surface area contributed by atoms with Crippen LogP contribution in [0.3, 0.4) is 0 Å². The van der Waals surface area contributed by atoms with Crippen LogP contribution in [0, 0.1) is 0 Å². The first-order chi connectivity index (χ1) is 28.1. The lowest BCUT2D eigenvalue weighted by molar-refractivity contribution is 0.714. The Hall–Kier alpha value is -6.94. The van der Waals surface area contributed by atoms with Crippen molar-refractivity contribution in [2.75, 3.05) is 0 Å². The van der Waals surface area contributed by atoms with Gasteiger partial charge in [-0.25, -0.2) is 9.97 Å². The van der Waals surface area contributed by atoms with E-state index < -0.39 is 0 Å². The highest BCUT2D eigenvalue weighted by Gasteiger charge is 2.40. The van der Waals surface area contributed by atoms with E-state index in [0.29, 0.717) is 5.82 Å². The molecule has 0 bridgehead atoms. The third-order valence-electron chi connectivity index (χ3n) is 11.8. The van der Waals surface area contributed by atoms with Crippen LogP contribution in [0.5, 0.6) is 0 Å². The first-order valence-electron chi connectivity index (χ1n) is 19.5. The van der Waals surface area contributed by atoms with E-state index in [4.69, 9.17) is 9.97 Å². The highest BCUT2D eigenvalue weighted by atomic mass is 32.1. The summed E-state index contributed by atoms with van der Waals surface area (Å²) in [5.74, 6) is 0.710. The number of hydrogen-bond acceptors (Lipinski definition) is 3. The molecule has 1 aliphatic carbocycles. The number of fused-ring (bicyclic) bond motifs is 6. The largest absolute Gasteiger partial charge is 0.228 e. The van der Waals surface area contributed by atoms with Crippen molar-refractivity contribution in [3.05, 3.63) is 217 Å². The predicted octanol–water partition coefficient (Wildman–Crippen LogP) is 14.5. The monoisotopic (exact) mass is 744 g/mol. The Morgan fingerprint density at radius 1 is 0.386 bits per heavy atom. The smallest absolute Gasteiger partial charge is 0.160 e. The van der Waals surface area contributed by atoms with Crippen molar-refractivity contribution in [3.8, 4) is 67.3 Å². The Balaban J connectivity index is 1.12. The van der Waals surface area contributed by atoms with Crippen molar-refractivity contribution >= 4 is 31.5 Å². The molecule has 8 aromatic carbocycles. The molecule has 268 valence electrons. The lowest BCUT2D eigenvalue weighted by Gasteiger charge is -2.28. The minimum absolute atomic E-state index is 0.245. The Morgan fingerprint density at radius 2 is 0.982 bits per heavy atom. The Morgan fingerprint density at radius 3 is 1.79 bits per heavy atom. The maximum Gasteiger partial charge on any atom is 0.160 e. The molecule has 1 atom stereocenters. The number of benzene rings is 8. The summed E-state index contributed by atoms with van der Waals surface area (Å²) in [7, 11) is 0. The molecule has 2 heterocycles. The van der Waals surface area contributed by atoms with Gasteiger partial charge in [-0.3, -0.25) is 0 Å². The summed E-state index contributed by atoms with van der Waals surface area (Å²) in [5.41, 5.74) is 15.9. The molecule has 0 N–H and O–H groups in total. The van der Waals surface area contributed by atoms with E-state index >= 15 is 0 Å². The molecule has 10 aromatic rings. The van der Waals surface area contributed by atoms with Crippen molar-refractivity contribution in [2.45, 2.75) is 12.3 Å². The molecule has 1 aliphatic rings. The van der Waals surface area contributed by atoms with Gasteiger partial charge in [-0.2, -0.15) is 0 Å². The molecule has 11 rings (SSSR count). The van der Waals surface area contributed by atoms with Gasteiger partial charge in [-0.15, -0.1) is 11.3 Å². The van der Waals surface area contributed by atoms with Crippen molar-refractivity contribution in [1.82, 2.24) is 9.97 Å². The summed E-state index contributed by atoms with van der Waals surface area (Å²) < 4.78 is 2.51. The number of hydrogen-bond donors (Lipinski definition) is 0. The molecule has 0 spiro atoms. The standard InChI is InChI=1S/C54H36N2S/c1-54(41-20-9-4-10-21-41)47-26-13-11-22-42(47)46-33-37(28-29-48(46)54)39-30-38(35-16-5-2-6-17-35)31-40(32-39)49-34-50(56-53(55-49)36-18-7-3-8-19-36)45-25-15-24-44-43-23-12-14-27-51(43)57-52(44)45/h2-34H,1H3. The summed E-state index contributed by atoms with van der Waals surface area (Å²) >= 11 is 1.83. The molecule has 0 radical (unpaired) electrons. The van der Waals surface area contributed by atoms with Crippen LogP contribution in [0.2, 0.25) is 0 Å². The Labute approximate surface area is 336 Å². The first-order valence-corrected chi connectivity index (χ1v) is 20.3.